The number of hydrogen-bond acceptors (Lipinski definition) is 6. The van der Waals surface area contributed by atoms with E-state index in [1.165, 1.54) is 44.6 Å². The molecule has 2 aromatic carbocycles. The second-order valence-corrected chi connectivity index (χ2v) is 8.51. The first-order chi connectivity index (χ1) is 16.5. The summed E-state index contributed by atoms with van der Waals surface area (Å²) in [5.41, 5.74) is -3.64. The van der Waals surface area contributed by atoms with Gasteiger partial charge >= 0.3 is 12.1 Å². The van der Waals surface area contributed by atoms with Crippen molar-refractivity contribution < 1.29 is 36.9 Å². The number of hydrogen-bond donors (Lipinski definition) is 1. The number of ether oxygens (including phenoxy) is 2. The number of rotatable bonds is 7. The van der Waals surface area contributed by atoms with E-state index < -0.39 is 35.4 Å². The number of nitrogens with zero attached hydrogens (tertiary/aromatic N) is 2. The highest BCUT2D eigenvalue weighted by atomic mass is 19.4. The maximum Gasteiger partial charge on any atom is 0.422 e. The third kappa shape index (κ3) is 4.70. The van der Waals surface area contributed by atoms with Crippen LogP contribution in [0.1, 0.15) is 35.3 Å². The van der Waals surface area contributed by atoms with Crippen molar-refractivity contribution in [2.24, 2.45) is 4.99 Å². The topological polar surface area (TPSA) is 81.0 Å². The molecule has 0 saturated heterocycles. The summed E-state index contributed by atoms with van der Waals surface area (Å²) in [5.74, 6) is -1.01. The quantitative estimate of drug-likeness (QED) is 0.277. The highest BCUT2D eigenvalue weighted by molar-refractivity contribution is 5.96. The van der Waals surface area contributed by atoms with E-state index in [0.29, 0.717) is 30.0 Å². The van der Waals surface area contributed by atoms with E-state index in [0.717, 1.165) is 12.1 Å². The molecule has 0 spiro atoms. The Bertz CT molecular complexity index is 1300. The molecule has 0 amide bonds. The molecule has 1 atom stereocenters. The normalized spacial score (nSPS) is 16.8. The first kappa shape index (κ1) is 24.6. The Morgan fingerprint density at radius 2 is 1.91 bits per heavy atom. The van der Waals surface area contributed by atoms with Gasteiger partial charge in [-0.05, 0) is 55.3 Å². The lowest BCUT2D eigenvalue weighted by atomic mass is 9.82. The largest absolute Gasteiger partial charge is 0.496 e. The summed E-state index contributed by atoms with van der Waals surface area (Å²) in [5, 5.41) is 11.2. The number of aliphatic hydroxyl groups is 1. The van der Waals surface area contributed by atoms with Gasteiger partial charge in [0.25, 0.3) is 0 Å². The Kier molecular flexibility index (Phi) is 6.27. The molecule has 0 radical (unpaired) electrons. The van der Waals surface area contributed by atoms with Gasteiger partial charge in [0, 0.05) is 29.0 Å². The summed E-state index contributed by atoms with van der Waals surface area (Å²) in [4.78, 5) is 19.9. The third-order valence-corrected chi connectivity index (χ3v) is 6.21. The molecule has 0 bridgehead atoms. The summed E-state index contributed by atoms with van der Waals surface area (Å²) in [7, 11) is 2.56. The van der Waals surface area contributed by atoms with Crippen molar-refractivity contribution in [1.82, 2.24) is 4.98 Å². The van der Waals surface area contributed by atoms with Crippen LogP contribution in [0.3, 0.4) is 0 Å². The average molecular weight is 490 g/mol. The van der Waals surface area contributed by atoms with Gasteiger partial charge in [0.05, 0.1) is 25.4 Å². The van der Waals surface area contributed by atoms with Gasteiger partial charge in [0.1, 0.15) is 17.3 Å². The highest BCUT2D eigenvalue weighted by Gasteiger charge is 2.60. The van der Waals surface area contributed by atoms with Crippen molar-refractivity contribution >= 4 is 28.8 Å². The number of methoxy groups -OCH3 is 2. The van der Waals surface area contributed by atoms with Gasteiger partial charge in [-0.2, -0.15) is 13.2 Å². The molecular weight excluding hydrogens is 468 g/mol. The van der Waals surface area contributed by atoms with E-state index in [4.69, 9.17) is 4.74 Å². The summed E-state index contributed by atoms with van der Waals surface area (Å²) in [6.07, 6.45) is -4.67. The summed E-state index contributed by atoms with van der Waals surface area (Å²) in [6, 6.07) is 11.1. The fourth-order valence-electron chi connectivity index (χ4n) is 4.17. The number of carbonyl (C=O) groups excluding carboxylic acids is 1. The van der Waals surface area contributed by atoms with Crippen LogP contribution in [0.25, 0.3) is 10.9 Å². The van der Waals surface area contributed by atoms with Gasteiger partial charge in [-0.15, -0.1) is 0 Å². The fourth-order valence-corrected chi connectivity index (χ4v) is 4.17. The molecule has 6 nitrogen and oxygen atoms in total. The number of alkyl halides is 3. The number of aromatic nitrogens is 1. The van der Waals surface area contributed by atoms with E-state index in [-0.39, 0.29) is 22.7 Å². The van der Waals surface area contributed by atoms with Crippen LogP contribution in [-0.4, -0.2) is 48.3 Å². The Labute approximate surface area is 198 Å². The molecule has 1 unspecified atom stereocenters. The minimum absolute atomic E-state index is 0.0349. The van der Waals surface area contributed by atoms with Crippen molar-refractivity contribution in [3.63, 3.8) is 0 Å². The van der Waals surface area contributed by atoms with Crippen molar-refractivity contribution in [3.05, 3.63) is 65.6 Å². The maximum absolute atomic E-state index is 14.1. The number of halogens is 4. The summed E-state index contributed by atoms with van der Waals surface area (Å²) < 4.78 is 66.2. The fraction of sp³-hybridized carbons (Fsp3) is 0.320. The molecule has 3 aromatic rings. The van der Waals surface area contributed by atoms with Crippen LogP contribution in [0.2, 0.25) is 0 Å². The van der Waals surface area contributed by atoms with Crippen molar-refractivity contribution in [1.29, 1.82) is 0 Å². The number of fused-ring (bicyclic) bond motifs is 1. The SMILES string of the molecule is COC(=O)c1ccc2c(N=CC(O)(CC3(c4cc(F)ccc4OC)CC3)C(F)(F)F)cccc2n1. The van der Waals surface area contributed by atoms with E-state index in [1.54, 1.807) is 6.07 Å². The molecular formula is C25H22F4N2O4. The Morgan fingerprint density at radius 3 is 2.54 bits per heavy atom. The van der Waals surface area contributed by atoms with Gasteiger partial charge in [-0.25, -0.2) is 14.2 Å². The summed E-state index contributed by atoms with van der Waals surface area (Å²) in [6.45, 7) is 0. The average Bonchev–Trinajstić information content (AvgIpc) is 3.61. The molecule has 4 rings (SSSR count). The van der Waals surface area contributed by atoms with Crippen molar-refractivity contribution in [3.8, 4) is 5.75 Å². The minimum atomic E-state index is -5.05. The van der Waals surface area contributed by atoms with Crippen molar-refractivity contribution in [2.45, 2.75) is 36.5 Å². The van der Waals surface area contributed by atoms with Crippen LogP contribution in [0.15, 0.2) is 53.5 Å². The number of aliphatic imine (C=N–C) groups is 1. The second-order valence-electron chi connectivity index (χ2n) is 8.51. The Morgan fingerprint density at radius 1 is 1.17 bits per heavy atom. The number of carbonyl (C=O) groups is 1. The van der Waals surface area contributed by atoms with Crippen molar-refractivity contribution in [2.75, 3.05) is 14.2 Å². The number of pyridine rings is 1. The zero-order valence-electron chi connectivity index (χ0n) is 18.9. The van der Waals surface area contributed by atoms with Crippen LogP contribution >= 0.6 is 0 Å². The molecule has 35 heavy (non-hydrogen) atoms. The number of benzene rings is 2. The monoisotopic (exact) mass is 490 g/mol. The highest BCUT2D eigenvalue weighted by Crippen LogP contribution is 2.57. The molecule has 1 N–H and O–H groups in total. The molecule has 1 heterocycles. The standard InChI is InChI=1S/C25H22F4N2O4/c1-34-21-9-6-15(26)12-17(21)23(10-11-23)13-24(33,25(27,28)29)14-30-18-4-3-5-19-16(18)7-8-20(31-19)22(32)35-2/h3-9,12,14,33H,10-11,13H2,1-2H3. The molecule has 184 valence electrons. The van der Waals surface area contributed by atoms with E-state index in [1.807, 2.05) is 0 Å². The van der Waals surface area contributed by atoms with E-state index in [2.05, 4.69) is 14.7 Å². The van der Waals surface area contributed by atoms with Crippen LogP contribution < -0.4 is 4.74 Å². The lowest BCUT2D eigenvalue weighted by molar-refractivity contribution is -0.233. The van der Waals surface area contributed by atoms with Gasteiger partial charge in [-0.1, -0.05) is 6.07 Å². The van der Waals surface area contributed by atoms with Crippen LogP contribution in [0, 0.1) is 5.82 Å². The van der Waals surface area contributed by atoms with Crippen LogP contribution in [-0.2, 0) is 10.2 Å². The lowest BCUT2D eigenvalue weighted by Crippen LogP contribution is -2.49. The Balaban J connectivity index is 1.71. The van der Waals surface area contributed by atoms with Gasteiger partial charge < -0.3 is 14.6 Å². The van der Waals surface area contributed by atoms with Crippen LogP contribution in [0.5, 0.6) is 5.75 Å². The zero-order chi connectivity index (χ0) is 25.4. The molecule has 0 aliphatic heterocycles. The van der Waals surface area contributed by atoms with Gasteiger partial charge in [0.15, 0.2) is 5.60 Å². The van der Waals surface area contributed by atoms with Gasteiger partial charge in [-0.3, -0.25) is 4.99 Å². The zero-order valence-corrected chi connectivity index (χ0v) is 18.9. The third-order valence-electron chi connectivity index (χ3n) is 6.21. The van der Waals surface area contributed by atoms with Gasteiger partial charge in [0.2, 0.25) is 0 Å². The molecule has 1 aliphatic rings. The molecule has 10 heteroatoms. The predicted octanol–water partition coefficient (Wildman–Crippen LogP) is 5.29. The molecule has 1 saturated carbocycles. The predicted molar refractivity (Wildman–Crippen MR) is 121 cm³/mol. The van der Waals surface area contributed by atoms with Crippen LogP contribution in [0.4, 0.5) is 23.2 Å². The Hall–Kier alpha value is -3.53. The van der Waals surface area contributed by atoms with E-state index >= 15 is 0 Å². The molecule has 1 aromatic heterocycles. The first-order valence-electron chi connectivity index (χ1n) is 10.7. The number of esters is 1. The van der Waals surface area contributed by atoms with E-state index in [9.17, 15) is 27.5 Å². The second kappa shape index (κ2) is 8.92. The minimum Gasteiger partial charge on any atom is -0.496 e. The molecule has 1 fully saturated rings. The first-order valence-corrected chi connectivity index (χ1v) is 10.7. The summed E-state index contributed by atoms with van der Waals surface area (Å²) >= 11 is 0. The molecule has 1 aliphatic carbocycles. The lowest BCUT2D eigenvalue weighted by Gasteiger charge is -2.31. The maximum atomic E-state index is 14.1. The smallest absolute Gasteiger partial charge is 0.422 e.